The largest absolute Gasteiger partial charge is 0.497 e. The average Bonchev–Trinajstić information content (AvgIpc) is 2.36. The maximum absolute atomic E-state index is 11.9. The van der Waals surface area contributed by atoms with Gasteiger partial charge in [-0.15, -0.1) is 0 Å². The minimum absolute atomic E-state index is 0.103. The van der Waals surface area contributed by atoms with Gasteiger partial charge in [-0.05, 0) is 30.7 Å². The lowest BCUT2D eigenvalue weighted by Crippen LogP contribution is -2.30. The molecule has 17 heavy (non-hydrogen) atoms. The first-order valence-corrected chi connectivity index (χ1v) is 5.74. The first-order valence-electron chi connectivity index (χ1n) is 5.74. The number of methoxy groups -OCH3 is 1. The Hall–Kier alpha value is -1.55. The Morgan fingerprint density at radius 3 is 2.88 bits per heavy atom. The summed E-state index contributed by atoms with van der Waals surface area (Å²) in [7, 11) is 3.42. The van der Waals surface area contributed by atoms with E-state index >= 15 is 0 Å². The number of amides is 1. The highest BCUT2D eigenvalue weighted by atomic mass is 16.5. The van der Waals surface area contributed by atoms with Crippen LogP contribution in [0.25, 0.3) is 0 Å². The molecule has 1 aromatic carbocycles. The van der Waals surface area contributed by atoms with E-state index in [2.05, 4.69) is 0 Å². The van der Waals surface area contributed by atoms with Crippen LogP contribution in [-0.2, 0) is 11.2 Å². The van der Waals surface area contributed by atoms with Crippen LogP contribution in [0.4, 0.5) is 0 Å². The third-order valence-electron chi connectivity index (χ3n) is 2.61. The van der Waals surface area contributed by atoms with E-state index in [0.29, 0.717) is 19.5 Å². The van der Waals surface area contributed by atoms with Gasteiger partial charge in [-0.1, -0.05) is 12.1 Å². The van der Waals surface area contributed by atoms with Crippen LogP contribution in [0.3, 0.4) is 0 Å². The maximum Gasteiger partial charge on any atom is 0.226 e. The number of hydrogen-bond acceptors (Lipinski definition) is 3. The first-order chi connectivity index (χ1) is 8.17. The summed E-state index contributed by atoms with van der Waals surface area (Å²) in [4.78, 5) is 13.6. The van der Waals surface area contributed by atoms with Crippen molar-refractivity contribution < 1.29 is 9.53 Å². The van der Waals surface area contributed by atoms with Gasteiger partial charge in [0, 0.05) is 13.6 Å². The van der Waals surface area contributed by atoms with Crippen molar-refractivity contribution in [1.29, 1.82) is 0 Å². The average molecular weight is 236 g/mol. The maximum atomic E-state index is 11.9. The zero-order chi connectivity index (χ0) is 12.7. The molecule has 1 aromatic rings. The molecule has 0 unspecified atom stereocenters. The van der Waals surface area contributed by atoms with Gasteiger partial charge in [0.15, 0.2) is 0 Å². The van der Waals surface area contributed by atoms with Gasteiger partial charge in [-0.2, -0.15) is 0 Å². The zero-order valence-corrected chi connectivity index (χ0v) is 10.5. The van der Waals surface area contributed by atoms with E-state index in [0.717, 1.165) is 17.7 Å². The fourth-order valence-electron chi connectivity index (χ4n) is 1.55. The highest BCUT2D eigenvalue weighted by Crippen LogP contribution is 2.13. The Bertz CT molecular complexity index is 366. The highest BCUT2D eigenvalue weighted by molar-refractivity contribution is 5.78. The van der Waals surface area contributed by atoms with Gasteiger partial charge < -0.3 is 15.4 Å². The molecule has 0 aromatic heterocycles. The Labute approximate surface area is 102 Å². The third kappa shape index (κ3) is 4.44. The van der Waals surface area contributed by atoms with Crippen LogP contribution in [0.2, 0.25) is 0 Å². The molecule has 0 spiro atoms. The molecule has 0 saturated heterocycles. The van der Waals surface area contributed by atoms with E-state index in [4.69, 9.17) is 10.5 Å². The van der Waals surface area contributed by atoms with Crippen LogP contribution in [0.1, 0.15) is 12.0 Å². The van der Waals surface area contributed by atoms with Crippen LogP contribution >= 0.6 is 0 Å². The lowest BCUT2D eigenvalue weighted by atomic mass is 10.1. The molecule has 0 atom stereocenters. The number of carbonyl (C=O) groups is 1. The van der Waals surface area contributed by atoms with E-state index in [1.54, 1.807) is 19.1 Å². The van der Waals surface area contributed by atoms with Gasteiger partial charge in [0.2, 0.25) is 5.91 Å². The van der Waals surface area contributed by atoms with E-state index in [-0.39, 0.29) is 5.91 Å². The number of hydrogen-bond donors (Lipinski definition) is 1. The lowest BCUT2D eigenvalue weighted by molar-refractivity contribution is -0.129. The summed E-state index contributed by atoms with van der Waals surface area (Å²) in [5, 5.41) is 0. The molecule has 0 aliphatic rings. The predicted octanol–water partition coefficient (Wildman–Crippen LogP) is 1.04. The Morgan fingerprint density at radius 2 is 2.24 bits per heavy atom. The number of ether oxygens (including phenoxy) is 1. The first kappa shape index (κ1) is 13.5. The van der Waals surface area contributed by atoms with Crippen molar-refractivity contribution in [2.45, 2.75) is 12.8 Å². The van der Waals surface area contributed by atoms with Crippen molar-refractivity contribution >= 4 is 5.91 Å². The quantitative estimate of drug-likeness (QED) is 0.803. The van der Waals surface area contributed by atoms with Crippen molar-refractivity contribution in [3.8, 4) is 5.75 Å². The molecule has 0 radical (unpaired) electrons. The standard InChI is InChI=1S/C13H20N2O2/c1-15(8-4-7-14)13(16)10-11-5-3-6-12(9-11)17-2/h3,5-6,9H,4,7-8,10,14H2,1-2H3. The van der Waals surface area contributed by atoms with Crippen molar-refractivity contribution in [2.24, 2.45) is 5.73 Å². The lowest BCUT2D eigenvalue weighted by Gasteiger charge is -2.16. The van der Waals surface area contributed by atoms with E-state index in [9.17, 15) is 4.79 Å². The molecule has 0 aliphatic heterocycles. The smallest absolute Gasteiger partial charge is 0.226 e. The second-order valence-electron chi connectivity index (χ2n) is 3.99. The molecule has 1 rings (SSSR count). The molecule has 4 heteroatoms. The van der Waals surface area contributed by atoms with Crippen LogP contribution in [0.5, 0.6) is 5.75 Å². The summed E-state index contributed by atoms with van der Waals surface area (Å²) in [6.45, 7) is 1.32. The molecule has 4 nitrogen and oxygen atoms in total. The molecular weight excluding hydrogens is 216 g/mol. The number of likely N-dealkylation sites (N-methyl/N-ethyl adjacent to an activating group) is 1. The minimum atomic E-state index is 0.103. The van der Waals surface area contributed by atoms with E-state index in [1.165, 1.54) is 0 Å². The van der Waals surface area contributed by atoms with Gasteiger partial charge in [0.1, 0.15) is 5.75 Å². The Morgan fingerprint density at radius 1 is 1.47 bits per heavy atom. The molecule has 0 heterocycles. The van der Waals surface area contributed by atoms with Crippen molar-refractivity contribution in [3.63, 3.8) is 0 Å². The predicted molar refractivity (Wildman–Crippen MR) is 68.0 cm³/mol. The molecule has 0 aliphatic carbocycles. The molecule has 1 amide bonds. The fraction of sp³-hybridized carbons (Fsp3) is 0.462. The van der Waals surface area contributed by atoms with Gasteiger partial charge in [0.25, 0.3) is 0 Å². The zero-order valence-electron chi connectivity index (χ0n) is 10.5. The summed E-state index contributed by atoms with van der Waals surface area (Å²) < 4.78 is 5.12. The number of rotatable bonds is 6. The summed E-state index contributed by atoms with van der Waals surface area (Å²) in [5.74, 6) is 0.881. The molecule has 0 bridgehead atoms. The van der Waals surface area contributed by atoms with Crippen LogP contribution in [-0.4, -0.2) is 38.1 Å². The fourth-order valence-corrected chi connectivity index (χ4v) is 1.55. The van der Waals surface area contributed by atoms with E-state index < -0.39 is 0 Å². The molecular formula is C13H20N2O2. The van der Waals surface area contributed by atoms with Crippen LogP contribution < -0.4 is 10.5 Å². The topological polar surface area (TPSA) is 55.6 Å². The normalized spacial score (nSPS) is 10.1. The Balaban J connectivity index is 2.54. The molecule has 0 fully saturated rings. The van der Waals surface area contributed by atoms with Crippen LogP contribution in [0, 0.1) is 0 Å². The van der Waals surface area contributed by atoms with Gasteiger partial charge in [0.05, 0.1) is 13.5 Å². The monoisotopic (exact) mass is 236 g/mol. The second kappa shape index (κ2) is 6.91. The minimum Gasteiger partial charge on any atom is -0.497 e. The summed E-state index contributed by atoms with van der Waals surface area (Å²) in [6.07, 6.45) is 1.23. The summed E-state index contributed by atoms with van der Waals surface area (Å²) in [6, 6.07) is 7.57. The molecule has 94 valence electrons. The summed E-state index contributed by atoms with van der Waals surface area (Å²) in [5.41, 5.74) is 6.38. The third-order valence-corrected chi connectivity index (χ3v) is 2.61. The van der Waals surface area contributed by atoms with Crippen LogP contribution in [0.15, 0.2) is 24.3 Å². The Kier molecular flexibility index (Phi) is 5.49. The van der Waals surface area contributed by atoms with Gasteiger partial charge >= 0.3 is 0 Å². The van der Waals surface area contributed by atoms with Crippen molar-refractivity contribution in [3.05, 3.63) is 29.8 Å². The molecule has 0 saturated carbocycles. The number of nitrogens with two attached hydrogens (primary N) is 1. The molecule has 2 N–H and O–H groups in total. The number of carbonyl (C=O) groups excluding carboxylic acids is 1. The van der Waals surface area contributed by atoms with Gasteiger partial charge in [-0.3, -0.25) is 4.79 Å². The highest BCUT2D eigenvalue weighted by Gasteiger charge is 2.09. The van der Waals surface area contributed by atoms with Crippen molar-refractivity contribution in [2.75, 3.05) is 27.2 Å². The van der Waals surface area contributed by atoms with Crippen molar-refractivity contribution in [1.82, 2.24) is 4.90 Å². The number of benzene rings is 1. The van der Waals surface area contributed by atoms with Gasteiger partial charge in [-0.25, -0.2) is 0 Å². The van der Waals surface area contributed by atoms with E-state index in [1.807, 2.05) is 24.3 Å². The SMILES string of the molecule is COc1cccc(CC(=O)N(C)CCCN)c1. The summed E-state index contributed by atoms with van der Waals surface area (Å²) >= 11 is 0. The second-order valence-corrected chi connectivity index (χ2v) is 3.99. The number of nitrogens with zero attached hydrogens (tertiary/aromatic N) is 1.